The number of carbonyl (C=O) groups excluding carboxylic acids is 2. The van der Waals surface area contributed by atoms with Gasteiger partial charge < -0.3 is 15.1 Å². The molecule has 0 aromatic heterocycles. The minimum absolute atomic E-state index is 0.0522. The second kappa shape index (κ2) is 8.65. The van der Waals surface area contributed by atoms with Gasteiger partial charge in [0, 0.05) is 45.2 Å². The summed E-state index contributed by atoms with van der Waals surface area (Å²) in [5.41, 5.74) is 0.588. The van der Waals surface area contributed by atoms with Crippen LogP contribution in [-0.4, -0.2) is 72.7 Å². The maximum absolute atomic E-state index is 12.3. The van der Waals surface area contributed by atoms with Gasteiger partial charge in [0.25, 0.3) is 5.91 Å². The molecule has 0 bridgehead atoms. The van der Waals surface area contributed by atoms with E-state index in [0.717, 1.165) is 11.5 Å². The average Bonchev–Trinajstić information content (AvgIpc) is 2.99. The van der Waals surface area contributed by atoms with E-state index in [4.69, 9.17) is 0 Å². The highest BCUT2D eigenvalue weighted by molar-refractivity contribution is 7.98. The van der Waals surface area contributed by atoms with Crippen molar-refractivity contribution in [2.75, 3.05) is 39.5 Å². The highest BCUT2D eigenvalue weighted by atomic mass is 32.2. The van der Waals surface area contributed by atoms with Crippen LogP contribution in [0.5, 0.6) is 0 Å². The molecule has 2 aliphatic rings. The van der Waals surface area contributed by atoms with Crippen molar-refractivity contribution < 1.29 is 9.59 Å². The van der Waals surface area contributed by atoms with Gasteiger partial charge in [-0.15, -0.1) is 0 Å². The maximum Gasteiger partial charge on any atom is 0.317 e. The maximum atomic E-state index is 12.3. The van der Waals surface area contributed by atoms with E-state index in [-0.39, 0.29) is 11.9 Å². The third-order valence-corrected chi connectivity index (χ3v) is 5.93. The number of hydrogen-bond acceptors (Lipinski definition) is 5. The van der Waals surface area contributed by atoms with Gasteiger partial charge in [-0.3, -0.25) is 10.1 Å². The van der Waals surface area contributed by atoms with Gasteiger partial charge in [0.2, 0.25) is 5.96 Å². The van der Waals surface area contributed by atoms with Gasteiger partial charge in [-0.2, -0.15) is 11.8 Å². The number of hydrogen-bond donors (Lipinski definition) is 2. The molecule has 1 saturated heterocycles. The number of nitrogens with zero attached hydrogens (tertiary/aromatic N) is 3. The molecule has 0 saturated carbocycles. The van der Waals surface area contributed by atoms with Crippen LogP contribution < -0.4 is 10.6 Å². The summed E-state index contributed by atoms with van der Waals surface area (Å²) in [5, 5.41) is 5.81. The number of nitrogens with one attached hydrogen (secondary N) is 2. The first-order chi connectivity index (χ1) is 13.0. The number of carbonyl (C=O) groups is 2. The molecule has 1 fully saturated rings. The number of rotatable bonds is 5. The zero-order valence-electron chi connectivity index (χ0n) is 15.9. The molecule has 0 atom stereocenters. The number of amides is 3. The third-order valence-electron chi connectivity index (χ3n) is 4.90. The second-order valence-corrected chi connectivity index (χ2v) is 8.18. The summed E-state index contributed by atoms with van der Waals surface area (Å²) in [5.74, 6) is 2.37. The molecule has 146 valence electrons. The first kappa shape index (κ1) is 19.5. The normalized spacial score (nSPS) is 18.2. The van der Waals surface area contributed by atoms with Gasteiger partial charge >= 0.3 is 6.03 Å². The zero-order valence-corrected chi connectivity index (χ0v) is 16.7. The van der Waals surface area contributed by atoms with E-state index in [0.29, 0.717) is 38.4 Å². The highest BCUT2D eigenvalue weighted by Gasteiger charge is 2.46. The molecule has 3 rings (SSSR count). The summed E-state index contributed by atoms with van der Waals surface area (Å²) >= 11 is 1.80. The number of thioether (sulfide) groups is 1. The molecular formula is C19H27N5O2S. The van der Waals surface area contributed by atoms with E-state index in [2.05, 4.69) is 27.8 Å². The molecule has 27 heavy (non-hydrogen) atoms. The Morgan fingerprint density at radius 1 is 1.30 bits per heavy atom. The van der Waals surface area contributed by atoms with Gasteiger partial charge in [-0.25, -0.2) is 9.79 Å². The van der Waals surface area contributed by atoms with Gasteiger partial charge in [-0.05, 0) is 18.4 Å². The molecule has 8 heteroatoms. The zero-order chi connectivity index (χ0) is 19.3. The van der Waals surface area contributed by atoms with Crippen LogP contribution in [0.25, 0.3) is 0 Å². The fourth-order valence-corrected chi connectivity index (χ4v) is 4.05. The molecule has 0 unspecified atom stereocenters. The molecule has 3 amide bonds. The van der Waals surface area contributed by atoms with Crippen molar-refractivity contribution in [2.45, 2.75) is 24.1 Å². The van der Waals surface area contributed by atoms with Crippen molar-refractivity contribution in [1.29, 1.82) is 0 Å². The van der Waals surface area contributed by atoms with Gasteiger partial charge in [0.15, 0.2) is 0 Å². The molecule has 2 heterocycles. The minimum Gasteiger partial charge on any atom is -0.349 e. The molecule has 2 aliphatic heterocycles. The highest BCUT2D eigenvalue weighted by Crippen LogP contribution is 2.30. The van der Waals surface area contributed by atoms with Crippen LogP contribution in [0.15, 0.2) is 35.3 Å². The van der Waals surface area contributed by atoms with Crippen LogP contribution in [0.3, 0.4) is 0 Å². The SMILES string of the molecule is CN(C)C1=NC2(CCN(C(=O)NCCSCc3ccccc3)CC2)C(=O)N1. The Balaban J connectivity index is 1.38. The fourth-order valence-electron chi connectivity index (χ4n) is 3.24. The van der Waals surface area contributed by atoms with E-state index in [1.54, 1.807) is 21.6 Å². The molecule has 1 aromatic carbocycles. The van der Waals surface area contributed by atoms with Crippen molar-refractivity contribution in [3.63, 3.8) is 0 Å². The monoisotopic (exact) mass is 389 g/mol. The molecule has 0 aliphatic carbocycles. The Morgan fingerprint density at radius 2 is 2.00 bits per heavy atom. The number of likely N-dealkylation sites (tertiary alicyclic amines) is 1. The van der Waals surface area contributed by atoms with Crippen molar-refractivity contribution in [3.8, 4) is 0 Å². The number of piperidine rings is 1. The molecule has 1 aromatic rings. The number of guanidine groups is 1. The Labute approximate surface area is 164 Å². The summed E-state index contributed by atoms with van der Waals surface area (Å²) in [7, 11) is 3.72. The number of aliphatic imine (C=N–C) groups is 1. The molecule has 7 nitrogen and oxygen atoms in total. The standard InChI is InChI=1S/C19H27N5O2S/c1-23(2)17-21-16(25)19(22-17)8-11-24(12-9-19)18(26)20-10-13-27-14-15-6-4-3-5-7-15/h3-7H,8-14H2,1-2H3,(H,20,26)(H,21,22,25). The van der Waals surface area contributed by atoms with Gasteiger partial charge in [0.05, 0.1) is 0 Å². The lowest BCUT2D eigenvalue weighted by Crippen LogP contribution is -2.52. The first-order valence-electron chi connectivity index (χ1n) is 9.23. The van der Waals surface area contributed by atoms with Crippen molar-refractivity contribution in [2.24, 2.45) is 4.99 Å². The van der Waals surface area contributed by atoms with Crippen molar-refractivity contribution in [1.82, 2.24) is 20.4 Å². The number of urea groups is 1. The van der Waals surface area contributed by atoms with Crippen LogP contribution in [0.1, 0.15) is 18.4 Å². The quantitative estimate of drug-likeness (QED) is 0.749. The van der Waals surface area contributed by atoms with Gasteiger partial charge in [-0.1, -0.05) is 30.3 Å². The molecule has 2 N–H and O–H groups in total. The lowest BCUT2D eigenvalue weighted by atomic mass is 9.88. The summed E-state index contributed by atoms with van der Waals surface area (Å²) in [6.07, 6.45) is 1.12. The Kier molecular flexibility index (Phi) is 6.26. The van der Waals surface area contributed by atoms with E-state index < -0.39 is 5.54 Å². The van der Waals surface area contributed by atoms with Crippen LogP contribution >= 0.6 is 11.8 Å². The molecule has 1 spiro atoms. The van der Waals surface area contributed by atoms with Crippen LogP contribution in [0, 0.1) is 0 Å². The summed E-state index contributed by atoms with van der Waals surface area (Å²) < 4.78 is 0. The first-order valence-corrected chi connectivity index (χ1v) is 10.4. The largest absolute Gasteiger partial charge is 0.349 e. The lowest BCUT2D eigenvalue weighted by Gasteiger charge is -2.35. The minimum atomic E-state index is -0.706. The van der Waals surface area contributed by atoms with Crippen LogP contribution in [0.4, 0.5) is 4.79 Å². The predicted octanol–water partition coefficient (Wildman–Crippen LogP) is 1.51. The van der Waals surface area contributed by atoms with Gasteiger partial charge in [0.1, 0.15) is 5.54 Å². The summed E-state index contributed by atoms with van der Waals surface area (Å²) in [4.78, 5) is 32.9. The number of benzene rings is 1. The van der Waals surface area contributed by atoms with E-state index in [1.165, 1.54) is 5.56 Å². The van der Waals surface area contributed by atoms with Crippen molar-refractivity contribution >= 4 is 29.7 Å². The predicted molar refractivity (Wildman–Crippen MR) is 109 cm³/mol. The lowest BCUT2D eigenvalue weighted by molar-refractivity contribution is -0.125. The Morgan fingerprint density at radius 3 is 2.63 bits per heavy atom. The topological polar surface area (TPSA) is 77.0 Å². The molecular weight excluding hydrogens is 362 g/mol. The third kappa shape index (κ3) is 4.74. The fraction of sp³-hybridized carbons (Fsp3) is 0.526. The van der Waals surface area contributed by atoms with E-state index in [1.807, 2.05) is 32.3 Å². The van der Waals surface area contributed by atoms with E-state index in [9.17, 15) is 9.59 Å². The second-order valence-electron chi connectivity index (χ2n) is 7.07. The smallest absolute Gasteiger partial charge is 0.317 e. The Bertz CT molecular complexity index is 699. The Hall–Kier alpha value is -2.22. The summed E-state index contributed by atoms with van der Waals surface area (Å²) in [6.45, 7) is 1.72. The van der Waals surface area contributed by atoms with Crippen LogP contribution in [-0.2, 0) is 10.5 Å². The van der Waals surface area contributed by atoms with Crippen LogP contribution in [0.2, 0.25) is 0 Å². The van der Waals surface area contributed by atoms with Crippen molar-refractivity contribution in [3.05, 3.63) is 35.9 Å². The molecule has 0 radical (unpaired) electrons. The summed E-state index contributed by atoms with van der Waals surface area (Å²) in [6, 6.07) is 10.3. The van der Waals surface area contributed by atoms with E-state index >= 15 is 0 Å². The average molecular weight is 390 g/mol.